The maximum Gasteiger partial charge on any atom is 0.0214 e. The topological polar surface area (TPSA) is 12.0 Å². The maximum absolute atomic E-state index is 3.73. The molecule has 102 valence electrons. The summed E-state index contributed by atoms with van der Waals surface area (Å²) in [5.41, 5.74) is 1.41. The second-order valence-electron chi connectivity index (χ2n) is 5.29. The van der Waals surface area contributed by atoms with Gasteiger partial charge in [-0.05, 0) is 29.2 Å². The Bertz CT molecular complexity index is 493. The zero-order chi connectivity index (χ0) is 13.5. The molecular weight excluding hydrogens is 230 g/mol. The zero-order valence-corrected chi connectivity index (χ0v) is 12.2. The normalized spacial score (nSPS) is 11.3. The quantitative estimate of drug-likeness (QED) is 0.742. The molecule has 0 bridgehead atoms. The first-order valence-corrected chi connectivity index (χ1v) is 7.55. The molecule has 0 aromatic heterocycles. The van der Waals surface area contributed by atoms with Gasteiger partial charge >= 0.3 is 0 Å². The summed E-state index contributed by atoms with van der Waals surface area (Å²) in [7, 11) is 0. The van der Waals surface area contributed by atoms with Crippen LogP contribution in [-0.4, -0.2) is 6.04 Å². The molecule has 19 heavy (non-hydrogen) atoms. The van der Waals surface area contributed by atoms with E-state index >= 15 is 0 Å². The highest BCUT2D eigenvalue weighted by Gasteiger charge is 2.07. The molecule has 1 heteroatoms. The summed E-state index contributed by atoms with van der Waals surface area (Å²) in [5, 5.41) is 6.45. The number of hydrogen-bond acceptors (Lipinski definition) is 1. The van der Waals surface area contributed by atoms with Crippen molar-refractivity contribution in [2.75, 3.05) is 0 Å². The van der Waals surface area contributed by atoms with E-state index in [0.29, 0.717) is 6.04 Å². The summed E-state index contributed by atoms with van der Waals surface area (Å²) in [6.07, 6.45) is 5.07. The Morgan fingerprint density at radius 2 is 1.58 bits per heavy atom. The van der Waals surface area contributed by atoms with E-state index in [2.05, 4.69) is 61.6 Å². The summed E-state index contributed by atoms with van der Waals surface area (Å²) in [6.45, 7) is 5.51. The van der Waals surface area contributed by atoms with Crippen molar-refractivity contribution in [3.8, 4) is 0 Å². The van der Waals surface area contributed by atoms with Crippen LogP contribution >= 0.6 is 0 Å². The smallest absolute Gasteiger partial charge is 0.0214 e. The van der Waals surface area contributed by atoms with Crippen LogP contribution in [0.25, 0.3) is 10.8 Å². The summed E-state index contributed by atoms with van der Waals surface area (Å²) in [5.74, 6) is 0. The van der Waals surface area contributed by atoms with Gasteiger partial charge in [0.1, 0.15) is 0 Å². The second-order valence-corrected chi connectivity index (χ2v) is 5.29. The van der Waals surface area contributed by atoms with Crippen LogP contribution < -0.4 is 5.32 Å². The Kier molecular flexibility index (Phi) is 5.41. The maximum atomic E-state index is 3.73. The van der Waals surface area contributed by atoms with Crippen molar-refractivity contribution in [1.29, 1.82) is 0 Å². The van der Waals surface area contributed by atoms with E-state index in [1.807, 2.05) is 0 Å². The number of fused-ring (bicyclic) bond motifs is 1. The van der Waals surface area contributed by atoms with E-state index in [1.165, 1.54) is 42.0 Å². The monoisotopic (exact) mass is 255 g/mol. The summed E-state index contributed by atoms with van der Waals surface area (Å²) >= 11 is 0. The molecule has 1 N–H and O–H groups in total. The van der Waals surface area contributed by atoms with Crippen molar-refractivity contribution in [3.63, 3.8) is 0 Å². The van der Waals surface area contributed by atoms with E-state index in [1.54, 1.807) is 0 Å². The highest BCUT2D eigenvalue weighted by atomic mass is 14.9. The van der Waals surface area contributed by atoms with Gasteiger partial charge in [-0.2, -0.15) is 0 Å². The molecular formula is C18H25N. The summed E-state index contributed by atoms with van der Waals surface area (Å²) < 4.78 is 0. The van der Waals surface area contributed by atoms with Gasteiger partial charge < -0.3 is 5.32 Å². The first-order valence-electron chi connectivity index (χ1n) is 7.55. The Hall–Kier alpha value is -1.34. The van der Waals surface area contributed by atoms with Crippen LogP contribution in [0.2, 0.25) is 0 Å². The molecule has 2 rings (SSSR count). The Labute approximate surface area is 117 Å². The standard InChI is InChI=1S/C18H25N/c1-3-8-17(9-4-2)19-14-16-12-7-11-15-10-5-6-13-18(15)16/h5-7,10-13,17,19H,3-4,8-9,14H2,1-2H3. The molecule has 0 saturated carbocycles. The molecule has 0 heterocycles. The predicted molar refractivity (Wildman–Crippen MR) is 84.4 cm³/mol. The average Bonchev–Trinajstić information content (AvgIpc) is 2.45. The fourth-order valence-electron chi connectivity index (χ4n) is 2.75. The molecule has 0 aliphatic heterocycles. The molecule has 0 amide bonds. The van der Waals surface area contributed by atoms with E-state index in [0.717, 1.165) is 6.54 Å². The van der Waals surface area contributed by atoms with E-state index in [4.69, 9.17) is 0 Å². The van der Waals surface area contributed by atoms with Crippen molar-refractivity contribution >= 4 is 10.8 Å². The van der Waals surface area contributed by atoms with Gasteiger partial charge in [-0.1, -0.05) is 69.2 Å². The third-order valence-electron chi connectivity index (χ3n) is 3.74. The van der Waals surface area contributed by atoms with Gasteiger partial charge in [-0.25, -0.2) is 0 Å². The largest absolute Gasteiger partial charge is 0.310 e. The highest BCUT2D eigenvalue weighted by Crippen LogP contribution is 2.18. The average molecular weight is 255 g/mol. The first kappa shape index (κ1) is 14.1. The molecule has 0 radical (unpaired) electrons. The Morgan fingerprint density at radius 3 is 2.32 bits per heavy atom. The van der Waals surface area contributed by atoms with Gasteiger partial charge in [0.15, 0.2) is 0 Å². The molecule has 0 fully saturated rings. The Morgan fingerprint density at radius 1 is 0.895 bits per heavy atom. The Balaban J connectivity index is 2.08. The molecule has 0 aliphatic rings. The molecule has 2 aromatic rings. The molecule has 0 saturated heterocycles. The predicted octanol–water partition coefficient (Wildman–Crippen LogP) is 4.90. The minimum absolute atomic E-state index is 0.661. The van der Waals surface area contributed by atoms with Crippen LogP contribution in [0.15, 0.2) is 42.5 Å². The van der Waals surface area contributed by atoms with Crippen molar-refractivity contribution < 1.29 is 0 Å². The van der Waals surface area contributed by atoms with E-state index < -0.39 is 0 Å². The van der Waals surface area contributed by atoms with Gasteiger partial charge in [0.25, 0.3) is 0 Å². The molecule has 1 nitrogen and oxygen atoms in total. The fourth-order valence-corrected chi connectivity index (χ4v) is 2.75. The SMILES string of the molecule is CCCC(CCC)NCc1cccc2ccccc12. The minimum atomic E-state index is 0.661. The highest BCUT2D eigenvalue weighted by molar-refractivity contribution is 5.85. The molecule has 0 atom stereocenters. The number of benzene rings is 2. The van der Waals surface area contributed by atoms with Crippen LogP contribution in [0, 0.1) is 0 Å². The first-order chi connectivity index (χ1) is 9.35. The molecule has 2 aromatic carbocycles. The number of hydrogen-bond donors (Lipinski definition) is 1. The minimum Gasteiger partial charge on any atom is -0.310 e. The van der Waals surface area contributed by atoms with Crippen molar-refractivity contribution in [2.24, 2.45) is 0 Å². The van der Waals surface area contributed by atoms with Gasteiger partial charge in [-0.15, -0.1) is 0 Å². The lowest BCUT2D eigenvalue weighted by Gasteiger charge is -2.18. The number of nitrogens with one attached hydrogen (secondary N) is 1. The second kappa shape index (κ2) is 7.30. The van der Waals surface area contributed by atoms with Crippen LogP contribution in [0.3, 0.4) is 0 Å². The van der Waals surface area contributed by atoms with Crippen LogP contribution in [0.1, 0.15) is 45.1 Å². The lowest BCUT2D eigenvalue weighted by Crippen LogP contribution is -2.28. The van der Waals surface area contributed by atoms with Crippen molar-refractivity contribution in [2.45, 2.75) is 52.1 Å². The van der Waals surface area contributed by atoms with Gasteiger partial charge in [0.2, 0.25) is 0 Å². The third-order valence-corrected chi connectivity index (χ3v) is 3.74. The lowest BCUT2D eigenvalue weighted by atomic mass is 10.0. The molecule has 0 spiro atoms. The van der Waals surface area contributed by atoms with Crippen LogP contribution in [0.5, 0.6) is 0 Å². The van der Waals surface area contributed by atoms with E-state index in [9.17, 15) is 0 Å². The van der Waals surface area contributed by atoms with Gasteiger partial charge in [0, 0.05) is 12.6 Å². The van der Waals surface area contributed by atoms with E-state index in [-0.39, 0.29) is 0 Å². The lowest BCUT2D eigenvalue weighted by molar-refractivity contribution is 0.444. The number of rotatable bonds is 7. The molecule has 0 aliphatic carbocycles. The zero-order valence-electron chi connectivity index (χ0n) is 12.2. The van der Waals surface area contributed by atoms with Crippen molar-refractivity contribution in [3.05, 3.63) is 48.0 Å². The van der Waals surface area contributed by atoms with Gasteiger partial charge in [0.05, 0.1) is 0 Å². The summed E-state index contributed by atoms with van der Waals surface area (Å²) in [4.78, 5) is 0. The molecule has 0 unspecified atom stereocenters. The van der Waals surface area contributed by atoms with Crippen molar-refractivity contribution in [1.82, 2.24) is 5.32 Å². The summed E-state index contributed by atoms with van der Waals surface area (Å²) in [6, 6.07) is 15.9. The fraction of sp³-hybridized carbons (Fsp3) is 0.444. The van der Waals surface area contributed by atoms with Crippen LogP contribution in [-0.2, 0) is 6.54 Å². The van der Waals surface area contributed by atoms with Gasteiger partial charge in [-0.3, -0.25) is 0 Å². The van der Waals surface area contributed by atoms with Crippen LogP contribution in [0.4, 0.5) is 0 Å². The third kappa shape index (κ3) is 3.81.